The number of unbranched alkanes of at least 4 members (excludes halogenated alkanes) is 5. The van der Waals surface area contributed by atoms with Gasteiger partial charge in [0.1, 0.15) is 0 Å². The highest BCUT2D eigenvalue weighted by atomic mass is 16.5. The van der Waals surface area contributed by atoms with Crippen molar-refractivity contribution in [2.45, 2.75) is 58.6 Å². The molecule has 0 fully saturated rings. The highest BCUT2D eigenvalue weighted by Gasteiger charge is 2.11. The summed E-state index contributed by atoms with van der Waals surface area (Å²) in [4.78, 5) is 2.10. The van der Waals surface area contributed by atoms with Crippen LogP contribution in [0.15, 0.2) is 24.5 Å². The molecule has 1 atom stereocenters. The quantitative estimate of drug-likeness (QED) is 0.476. The molecule has 0 aliphatic rings. The van der Waals surface area contributed by atoms with Crippen LogP contribution in [0.1, 0.15) is 58.6 Å². The molecule has 0 aliphatic heterocycles. The van der Waals surface area contributed by atoms with Crippen LogP contribution in [0.5, 0.6) is 0 Å². The first kappa shape index (κ1) is 17.0. The van der Waals surface area contributed by atoms with E-state index in [-0.39, 0.29) is 6.23 Å². The third-order valence-corrected chi connectivity index (χ3v) is 3.63. The van der Waals surface area contributed by atoms with E-state index >= 15 is 0 Å². The molecule has 0 aliphatic carbocycles. The lowest BCUT2D eigenvalue weighted by atomic mass is 10.1. The number of aromatic nitrogens is 1. The SMILES string of the molecule is CCCCCCCCOC(C)[n+]1ccc(N(C)C)cc1. The number of anilines is 1. The highest BCUT2D eigenvalue weighted by Crippen LogP contribution is 2.09. The number of rotatable bonds is 10. The van der Waals surface area contributed by atoms with E-state index in [4.69, 9.17) is 4.74 Å². The molecule has 1 unspecified atom stereocenters. The lowest BCUT2D eigenvalue weighted by molar-refractivity contribution is -0.758. The molecular formula is C17H31N2O+. The van der Waals surface area contributed by atoms with Crippen molar-refractivity contribution < 1.29 is 9.30 Å². The first-order valence-electron chi connectivity index (χ1n) is 7.95. The van der Waals surface area contributed by atoms with Crippen molar-refractivity contribution in [1.29, 1.82) is 0 Å². The molecule has 0 bridgehead atoms. The van der Waals surface area contributed by atoms with E-state index in [9.17, 15) is 0 Å². The van der Waals surface area contributed by atoms with Crippen LogP contribution in [0.4, 0.5) is 5.69 Å². The van der Waals surface area contributed by atoms with E-state index in [0.717, 1.165) is 6.61 Å². The minimum absolute atomic E-state index is 0.113. The molecule has 1 rings (SSSR count). The Balaban J connectivity index is 2.20. The van der Waals surface area contributed by atoms with Gasteiger partial charge in [-0.2, -0.15) is 4.57 Å². The van der Waals surface area contributed by atoms with Crippen LogP contribution < -0.4 is 9.47 Å². The average molecular weight is 279 g/mol. The molecular weight excluding hydrogens is 248 g/mol. The van der Waals surface area contributed by atoms with Gasteiger partial charge in [-0.15, -0.1) is 0 Å². The summed E-state index contributed by atoms with van der Waals surface area (Å²) in [6.07, 6.45) is 12.1. The number of ether oxygens (including phenoxy) is 1. The van der Waals surface area contributed by atoms with Crippen LogP contribution in [0, 0.1) is 0 Å². The van der Waals surface area contributed by atoms with Crippen LogP contribution in [0.3, 0.4) is 0 Å². The Hall–Kier alpha value is -1.09. The Bertz CT molecular complexity index is 349. The summed E-state index contributed by atoms with van der Waals surface area (Å²) < 4.78 is 8.00. The van der Waals surface area contributed by atoms with E-state index < -0.39 is 0 Å². The van der Waals surface area contributed by atoms with Crippen LogP contribution in [-0.4, -0.2) is 20.7 Å². The molecule has 0 saturated carbocycles. The van der Waals surface area contributed by atoms with E-state index in [0.29, 0.717) is 0 Å². The van der Waals surface area contributed by atoms with Crippen molar-refractivity contribution in [3.05, 3.63) is 24.5 Å². The van der Waals surface area contributed by atoms with Gasteiger partial charge in [-0.25, -0.2) is 0 Å². The van der Waals surface area contributed by atoms with Gasteiger partial charge < -0.3 is 9.64 Å². The van der Waals surface area contributed by atoms with Crippen molar-refractivity contribution in [3.63, 3.8) is 0 Å². The summed E-state index contributed by atoms with van der Waals surface area (Å²) in [7, 11) is 4.11. The Labute approximate surface area is 124 Å². The first-order chi connectivity index (χ1) is 9.65. The average Bonchev–Trinajstić information content (AvgIpc) is 2.46. The zero-order valence-corrected chi connectivity index (χ0v) is 13.6. The zero-order valence-electron chi connectivity index (χ0n) is 13.6. The molecule has 1 aromatic rings. The van der Waals surface area contributed by atoms with Gasteiger partial charge in [0.15, 0.2) is 12.4 Å². The van der Waals surface area contributed by atoms with Crippen molar-refractivity contribution in [2.24, 2.45) is 0 Å². The summed E-state index contributed by atoms with van der Waals surface area (Å²) in [5.41, 5.74) is 1.21. The molecule has 3 nitrogen and oxygen atoms in total. The van der Waals surface area contributed by atoms with E-state index in [1.54, 1.807) is 0 Å². The maximum absolute atomic E-state index is 5.88. The molecule has 1 aromatic heterocycles. The molecule has 0 N–H and O–H groups in total. The summed E-state index contributed by atoms with van der Waals surface area (Å²) >= 11 is 0. The van der Waals surface area contributed by atoms with Crippen molar-refractivity contribution >= 4 is 5.69 Å². The summed E-state index contributed by atoms with van der Waals surface area (Å²) in [5.74, 6) is 0. The maximum Gasteiger partial charge on any atom is 0.259 e. The number of hydrogen-bond donors (Lipinski definition) is 0. The molecule has 114 valence electrons. The van der Waals surface area contributed by atoms with Gasteiger partial charge >= 0.3 is 0 Å². The second-order valence-corrected chi connectivity index (χ2v) is 5.64. The Morgan fingerprint density at radius 1 is 1.05 bits per heavy atom. The Kier molecular flexibility index (Phi) is 8.28. The molecule has 20 heavy (non-hydrogen) atoms. The fraction of sp³-hybridized carbons (Fsp3) is 0.706. The van der Waals surface area contributed by atoms with Gasteiger partial charge in [0.2, 0.25) is 0 Å². The fourth-order valence-electron chi connectivity index (χ4n) is 2.19. The zero-order chi connectivity index (χ0) is 14.8. The predicted octanol–water partition coefficient (Wildman–Crippen LogP) is 3.94. The third-order valence-electron chi connectivity index (χ3n) is 3.63. The van der Waals surface area contributed by atoms with Crippen LogP contribution in [-0.2, 0) is 4.74 Å². The van der Waals surface area contributed by atoms with Gasteiger partial charge in [-0.05, 0) is 6.42 Å². The van der Waals surface area contributed by atoms with E-state index in [1.165, 1.54) is 44.2 Å². The molecule has 0 radical (unpaired) electrons. The molecule has 0 spiro atoms. The monoisotopic (exact) mass is 279 g/mol. The van der Waals surface area contributed by atoms with Gasteiger partial charge in [-0.3, -0.25) is 0 Å². The minimum atomic E-state index is 0.113. The second-order valence-electron chi connectivity index (χ2n) is 5.64. The Morgan fingerprint density at radius 3 is 2.25 bits per heavy atom. The number of pyridine rings is 1. The summed E-state index contributed by atoms with van der Waals surface area (Å²) in [6, 6.07) is 4.23. The molecule has 1 heterocycles. The predicted molar refractivity (Wildman–Crippen MR) is 85.0 cm³/mol. The summed E-state index contributed by atoms with van der Waals surface area (Å²) in [5, 5.41) is 0. The van der Waals surface area contributed by atoms with Crippen molar-refractivity contribution in [2.75, 3.05) is 25.6 Å². The number of nitrogens with zero attached hydrogens (tertiary/aromatic N) is 2. The molecule has 0 saturated heterocycles. The molecule has 3 heteroatoms. The van der Waals surface area contributed by atoms with Crippen molar-refractivity contribution in [3.8, 4) is 0 Å². The van der Waals surface area contributed by atoms with E-state index in [1.807, 2.05) is 0 Å². The lowest BCUT2D eigenvalue weighted by Crippen LogP contribution is -2.38. The van der Waals surface area contributed by atoms with E-state index in [2.05, 4.69) is 61.9 Å². The standard InChI is InChI=1S/C17H31N2O/c1-5-6-7-8-9-10-15-20-16(2)19-13-11-17(12-14-19)18(3)4/h11-14,16H,5-10,15H2,1-4H3/q+1. The van der Waals surface area contributed by atoms with Crippen LogP contribution in [0.25, 0.3) is 0 Å². The topological polar surface area (TPSA) is 16.4 Å². The van der Waals surface area contributed by atoms with Gasteiger partial charge in [0.25, 0.3) is 6.23 Å². The van der Waals surface area contributed by atoms with Gasteiger partial charge in [0.05, 0.1) is 6.61 Å². The molecule has 0 aromatic carbocycles. The fourth-order valence-corrected chi connectivity index (χ4v) is 2.19. The van der Waals surface area contributed by atoms with Crippen LogP contribution >= 0.6 is 0 Å². The smallest absolute Gasteiger partial charge is 0.259 e. The van der Waals surface area contributed by atoms with Crippen LogP contribution in [0.2, 0.25) is 0 Å². The Morgan fingerprint density at radius 2 is 1.65 bits per heavy atom. The highest BCUT2D eigenvalue weighted by molar-refractivity contribution is 5.41. The minimum Gasteiger partial charge on any atom is -0.377 e. The third kappa shape index (κ3) is 6.38. The normalized spacial score (nSPS) is 12.4. The summed E-state index contributed by atoms with van der Waals surface area (Å²) in [6.45, 7) is 5.21. The maximum atomic E-state index is 5.88. The first-order valence-corrected chi connectivity index (χ1v) is 7.95. The molecule has 0 amide bonds. The van der Waals surface area contributed by atoms with Gasteiger partial charge in [-0.1, -0.05) is 39.0 Å². The second kappa shape index (κ2) is 9.76. The largest absolute Gasteiger partial charge is 0.377 e. The van der Waals surface area contributed by atoms with Gasteiger partial charge in [0, 0.05) is 38.8 Å². The lowest BCUT2D eigenvalue weighted by Gasteiger charge is -2.12. The number of hydrogen-bond acceptors (Lipinski definition) is 2. The van der Waals surface area contributed by atoms with Crippen molar-refractivity contribution in [1.82, 2.24) is 0 Å².